The molecule has 0 fully saturated rings. The van der Waals surface area contributed by atoms with Gasteiger partial charge in [0.15, 0.2) is 0 Å². The summed E-state index contributed by atoms with van der Waals surface area (Å²) in [6.07, 6.45) is 11.5. The average Bonchev–Trinajstić information content (AvgIpc) is 2.90. The van der Waals surface area contributed by atoms with Crippen LogP contribution in [0.1, 0.15) is 49.8 Å². The number of anilines is 1. The molecule has 0 aliphatic carbocycles. The maximum Gasteiger partial charge on any atom is 0.139 e. The van der Waals surface area contributed by atoms with Crippen molar-refractivity contribution in [1.82, 2.24) is 0 Å². The fraction of sp³-hybridized carbons (Fsp3) is 0.364. The Morgan fingerprint density at radius 2 is 2.08 bits per heavy atom. The molecule has 2 unspecified atom stereocenters. The molecule has 3 aromatic carbocycles. The lowest BCUT2D eigenvalue weighted by Gasteiger charge is -2.41. The fourth-order valence-electron chi connectivity index (χ4n) is 5.83. The molecule has 0 spiro atoms. The minimum absolute atomic E-state index is 0.304. The van der Waals surface area contributed by atoms with Crippen LogP contribution in [0, 0.1) is 31.0 Å². The van der Waals surface area contributed by atoms with Crippen molar-refractivity contribution in [3.63, 3.8) is 0 Å². The first-order valence-corrected chi connectivity index (χ1v) is 13.1. The molecule has 0 aromatic heterocycles. The van der Waals surface area contributed by atoms with Crippen molar-refractivity contribution in [2.75, 3.05) is 25.7 Å². The molecule has 0 amide bonds. The van der Waals surface area contributed by atoms with Crippen LogP contribution in [0.15, 0.2) is 54.0 Å². The van der Waals surface area contributed by atoms with Crippen LogP contribution in [-0.4, -0.2) is 32.5 Å². The predicted molar refractivity (Wildman–Crippen MR) is 156 cm³/mol. The van der Waals surface area contributed by atoms with Crippen LogP contribution >= 0.6 is 0 Å². The number of hydrogen-bond donors (Lipinski definition) is 0. The minimum Gasteiger partial charge on any atom is -0.384 e. The van der Waals surface area contributed by atoms with E-state index in [9.17, 15) is 4.39 Å². The molecule has 0 bridgehead atoms. The third-order valence-electron chi connectivity index (χ3n) is 7.71. The quantitative estimate of drug-likeness (QED) is 0.233. The Morgan fingerprint density at radius 1 is 1.30 bits per heavy atom. The molecule has 4 rings (SSSR count). The maximum absolute atomic E-state index is 14.8. The highest BCUT2D eigenvalue weighted by atomic mass is 19.1. The van der Waals surface area contributed by atoms with E-state index in [1.165, 1.54) is 11.6 Å². The number of halogens is 1. The first-order valence-electron chi connectivity index (χ1n) is 13.1. The van der Waals surface area contributed by atoms with Crippen LogP contribution in [0.5, 0.6) is 0 Å². The number of methoxy groups -OCH3 is 1. The van der Waals surface area contributed by atoms with E-state index in [2.05, 4.69) is 69.5 Å². The normalized spacial score (nSPS) is 16.4. The second-order valence-electron chi connectivity index (χ2n) is 9.98. The summed E-state index contributed by atoms with van der Waals surface area (Å²) in [7, 11) is 3.95. The van der Waals surface area contributed by atoms with Gasteiger partial charge in [0.2, 0.25) is 0 Å². The zero-order valence-electron chi connectivity index (χ0n) is 22.7. The van der Waals surface area contributed by atoms with Gasteiger partial charge >= 0.3 is 0 Å². The smallest absolute Gasteiger partial charge is 0.139 e. The van der Waals surface area contributed by atoms with E-state index >= 15 is 0 Å². The largest absolute Gasteiger partial charge is 0.384 e. The summed E-state index contributed by atoms with van der Waals surface area (Å²) in [6, 6.07) is 12.2. The number of benzene rings is 3. The average molecular weight is 497 g/mol. The van der Waals surface area contributed by atoms with Gasteiger partial charge in [-0.1, -0.05) is 44.5 Å². The van der Waals surface area contributed by atoms with E-state index in [0.717, 1.165) is 76.8 Å². The van der Waals surface area contributed by atoms with Crippen molar-refractivity contribution in [2.24, 2.45) is 10.9 Å². The molecular formula is C33H37FN2O. The number of nitrogens with zero attached hydrogens (tertiary/aromatic N) is 2. The van der Waals surface area contributed by atoms with Crippen LogP contribution < -0.4 is 4.90 Å². The van der Waals surface area contributed by atoms with Gasteiger partial charge in [-0.15, -0.1) is 6.42 Å². The highest BCUT2D eigenvalue weighted by Gasteiger charge is 2.32. The summed E-state index contributed by atoms with van der Waals surface area (Å²) in [4.78, 5) is 7.48. The van der Waals surface area contributed by atoms with Gasteiger partial charge < -0.3 is 9.64 Å². The Morgan fingerprint density at radius 3 is 2.73 bits per heavy atom. The number of aryl methyl sites for hydroxylation is 2. The Balaban J connectivity index is 1.99. The summed E-state index contributed by atoms with van der Waals surface area (Å²) in [5.74, 6) is 2.67. The van der Waals surface area contributed by atoms with Gasteiger partial charge in [0.25, 0.3) is 0 Å². The van der Waals surface area contributed by atoms with Crippen molar-refractivity contribution in [1.29, 1.82) is 0 Å². The van der Waals surface area contributed by atoms with Crippen LogP contribution in [0.2, 0.25) is 0 Å². The Labute approximate surface area is 221 Å². The van der Waals surface area contributed by atoms with Crippen molar-refractivity contribution < 1.29 is 9.13 Å². The number of allylic oxidation sites excluding steroid dienone is 1. The van der Waals surface area contributed by atoms with E-state index in [-0.39, 0.29) is 5.82 Å². The highest BCUT2D eigenvalue weighted by Crippen LogP contribution is 2.45. The summed E-state index contributed by atoms with van der Waals surface area (Å²) in [5.41, 5.74) is 7.59. The van der Waals surface area contributed by atoms with Crippen LogP contribution in [0.25, 0.3) is 21.9 Å². The number of rotatable bonds is 8. The van der Waals surface area contributed by atoms with Gasteiger partial charge in [0.1, 0.15) is 5.82 Å². The predicted octanol–water partition coefficient (Wildman–Crippen LogP) is 8.03. The van der Waals surface area contributed by atoms with E-state index in [1.54, 1.807) is 7.11 Å². The number of fused-ring (bicyclic) bond motifs is 2. The monoisotopic (exact) mass is 496 g/mol. The SMILES string of the molecule is C#Cc1c(F)ccc2cc(C)cc(-c3cc4c(c(N=C(C=C)CC)c3)N(C)C(C(CC)COC)CC4)c12. The van der Waals surface area contributed by atoms with Gasteiger partial charge in [-0.3, -0.25) is 4.99 Å². The van der Waals surface area contributed by atoms with E-state index in [4.69, 9.17) is 16.2 Å². The van der Waals surface area contributed by atoms with Crippen LogP contribution in [0.4, 0.5) is 15.8 Å². The third-order valence-corrected chi connectivity index (χ3v) is 7.71. The molecule has 3 aromatic rings. The second-order valence-corrected chi connectivity index (χ2v) is 9.98. The molecule has 0 N–H and O–H groups in total. The lowest BCUT2D eigenvalue weighted by Crippen LogP contribution is -2.43. The molecule has 1 heterocycles. The third kappa shape index (κ3) is 5.06. The molecule has 192 valence electrons. The lowest BCUT2D eigenvalue weighted by molar-refractivity contribution is 0.132. The van der Waals surface area contributed by atoms with Gasteiger partial charge in [-0.05, 0) is 84.5 Å². The van der Waals surface area contributed by atoms with E-state index in [1.807, 2.05) is 12.1 Å². The van der Waals surface area contributed by atoms with Gasteiger partial charge in [-0.2, -0.15) is 0 Å². The Hall–Kier alpha value is -3.42. The van der Waals surface area contributed by atoms with Crippen molar-refractivity contribution in [2.45, 2.75) is 52.5 Å². The molecule has 0 saturated heterocycles. The van der Waals surface area contributed by atoms with Crippen molar-refractivity contribution in [3.05, 3.63) is 71.6 Å². The topological polar surface area (TPSA) is 24.8 Å². The molecular weight excluding hydrogens is 459 g/mol. The molecule has 2 atom stereocenters. The minimum atomic E-state index is -0.373. The standard InChI is InChI=1S/C33H37FN2O/c1-8-22(20-37-7)31-15-13-24-18-25(19-30(33(24)36(31)6)35-26(9-2)10-3)28-17-21(5)16-23-12-14-29(34)27(11-4)32(23)28/h4,9,12,14,16-19,22,31H,2,8,10,13,15,20H2,1,3,5-7H3. The summed E-state index contributed by atoms with van der Waals surface area (Å²) >= 11 is 0. The molecule has 0 saturated carbocycles. The van der Waals surface area contributed by atoms with Crippen LogP contribution in [0.3, 0.4) is 0 Å². The Bertz CT molecular complexity index is 1400. The summed E-state index contributed by atoms with van der Waals surface area (Å²) in [6.45, 7) is 11.1. The second kappa shape index (κ2) is 11.3. The number of aliphatic imine (C=N–C) groups is 1. The van der Waals surface area contributed by atoms with Gasteiger partial charge in [0, 0.05) is 37.2 Å². The molecule has 1 aliphatic heterocycles. The van der Waals surface area contributed by atoms with Crippen molar-refractivity contribution in [3.8, 4) is 23.5 Å². The maximum atomic E-state index is 14.8. The van der Waals surface area contributed by atoms with E-state index in [0.29, 0.717) is 17.5 Å². The summed E-state index contributed by atoms with van der Waals surface area (Å²) in [5, 5.41) is 1.71. The zero-order valence-corrected chi connectivity index (χ0v) is 22.7. The number of terminal acetylenes is 1. The fourth-order valence-corrected chi connectivity index (χ4v) is 5.83. The van der Waals surface area contributed by atoms with Crippen LogP contribution in [-0.2, 0) is 11.2 Å². The van der Waals surface area contributed by atoms with Gasteiger partial charge in [0.05, 0.1) is 23.5 Å². The van der Waals surface area contributed by atoms with Gasteiger partial charge in [-0.25, -0.2) is 4.39 Å². The first kappa shape index (κ1) is 26.6. The number of ether oxygens (including phenoxy) is 1. The lowest BCUT2D eigenvalue weighted by atomic mass is 9.84. The summed E-state index contributed by atoms with van der Waals surface area (Å²) < 4.78 is 20.4. The molecule has 3 nitrogen and oxygen atoms in total. The molecule has 4 heteroatoms. The molecule has 37 heavy (non-hydrogen) atoms. The zero-order chi connectivity index (χ0) is 26.7. The molecule has 1 aliphatic rings. The number of hydrogen-bond acceptors (Lipinski definition) is 3. The first-order chi connectivity index (χ1) is 17.9. The molecule has 0 radical (unpaired) electrons. The van der Waals surface area contributed by atoms with Crippen molar-refractivity contribution >= 4 is 27.9 Å². The Kier molecular flexibility index (Phi) is 8.15. The van der Waals surface area contributed by atoms with E-state index < -0.39 is 0 Å². The highest BCUT2D eigenvalue weighted by molar-refractivity contribution is 6.03.